The summed E-state index contributed by atoms with van der Waals surface area (Å²) in [6.45, 7) is 4.21. The molecule has 3 rings (SSSR count). The molecule has 0 aliphatic rings. The van der Waals surface area contributed by atoms with Gasteiger partial charge in [0.05, 0.1) is 10.5 Å². The zero-order valence-corrected chi connectivity index (χ0v) is 14.3. The van der Waals surface area contributed by atoms with Crippen molar-refractivity contribution in [2.24, 2.45) is 0 Å². The van der Waals surface area contributed by atoms with Crippen LogP contribution in [0.5, 0.6) is 0 Å². The van der Waals surface area contributed by atoms with Crippen molar-refractivity contribution in [1.82, 2.24) is 4.98 Å². The van der Waals surface area contributed by atoms with Gasteiger partial charge in [-0.05, 0) is 36.6 Å². The molecular weight excluding hydrogens is 309 g/mol. The van der Waals surface area contributed by atoms with Crippen LogP contribution in [-0.4, -0.2) is 4.98 Å². The molecule has 0 atom stereocenters. The summed E-state index contributed by atoms with van der Waals surface area (Å²) in [5, 5.41) is 3.27. The van der Waals surface area contributed by atoms with Crippen molar-refractivity contribution >= 4 is 35.6 Å². The standard InChI is InChI=1S/C19H17ClNP/c1-14-5-9-16(10-6-14)22(17-11-7-15(2)8-12-17)19-18(20)4-3-13-21-19/h3-13H,1-2H3. The fourth-order valence-electron chi connectivity index (χ4n) is 2.32. The van der Waals surface area contributed by atoms with E-state index >= 15 is 0 Å². The van der Waals surface area contributed by atoms with Gasteiger partial charge in [-0.2, -0.15) is 0 Å². The summed E-state index contributed by atoms with van der Waals surface area (Å²) in [6.07, 6.45) is 1.82. The fourth-order valence-corrected chi connectivity index (χ4v) is 4.85. The van der Waals surface area contributed by atoms with Gasteiger partial charge < -0.3 is 0 Å². The molecule has 0 spiro atoms. The molecule has 3 aromatic rings. The van der Waals surface area contributed by atoms with Gasteiger partial charge in [0.1, 0.15) is 0 Å². The molecule has 0 fully saturated rings. The summed E-state index contributed by atoms with van der Waals surface area (Å²) in [6, 6.07) is 21.1. The molecule has 0 aliphatic carbocycles. The van der Waals surface area contributed by atoms with Crippen LogP contribution < -0.4 is 16.0 Å². The number of hydrogen-bond acceptors (Lipinski definition) is 1. The van der Waals surface area contributed by atoms with Crippen molar-refractivity contribution < 1.29 is 0 Å². The number of rotatable bonds is 3. The number of halogens is 1. The predicted octanol–water partition coefficient (Wildman–Crippen LogP) is 4.11. The second-order valence-corrected chi connectivity index (χ2v) is 7.85. The quantitative estimate of drug-likeness (QED) is 0.660. The van der Waals surface area contributed by atoms with Crippen LogP contribution in [0.4, 0.5) is 0 Å². The van der Waals surface area contributed by atoms with Crippen LogP contribution in [0.2, 0.25) is 5.02 Å². The van der Waals surface area contributed by atoms with E-state index in [4.69, 9.17) is 11.6 Å². The summed E-state index contributed by atoms with van der Waals surface area (Å²) >= 11 is 6.44. The van der Waals surface area contributed by atoms with Gasteiger partial charge in [-0.15, -0.1) is 0 Å². The third kappa shape index (κ3) is 3.21. The van der Waals surface area contributed by atoms with Crippen molar-refractivity contribution in [1.29, 1.82) is 0 Å². The lowest BCUT2D eigenvalue weighted by atomic mass is 10.2. The Bertz CT molecular complexity index is 721. The number of hydrogen-bond donors (Lipinski definition) is 0. The Hall–Kier alpha value is -1.69. The molecule has 22 heavy (non-hydrogen) atoms. The van der Waals surface area contributed by atoms with Crippen molar-refractivity contribution in [2.75, 3.05) is 0 Å². The monoisotopic (exact) mass is 325 g/mol. The summed E-state index contributed by atoms with van der Waals surface area (Å²) in [4.78, 5) is 4.57. The first-order valence-corrected chi connectivity index (χ1v) is 8.91. The average molecular weight is 326 g/mol. The van der Waals surface area contributed by atoms with Crippen molar-refractivity contribution in [3.8, 4) is 0 Å². The largest absolute Gasteiger partial charge is 0.254 e. The number of aryl methyl sites for hydroxylation is 2. The highest BCUT2D eigenvalue weighted by molar-refractivity contribution is 7.79. The number of nitrogens with zero attached hydrogens (tertiary/aromatic N) is 1. The molecule has 0 amide bonds. The van der Waals surface area contributed by atoms with Crippen molar-refractivity contribution in [3.63, 3.8) is 0 Å². The van der Waals surface area contributed by atoms with Gasteiger partial charge in [-0.3, -0.25) is 4.98 Å². The van der Waals surface area contributed by atoms with Crippen molar-refractivity contribution in [3.05, 3.63) is 83.0 Å². The third-order valence-electron chi connectivity index (χ3n) is 3.54. The molecule has 2 aromatic carbocycles. The molecule has 1 nitrogen and oxygen atoms in total. The van der Waals surface area contributed by atoms with E-state index in [2.05, 4.69) is 67.4 Å². The van der Waals surface area contributed by atoms with Crippen LogP contribution in [0, 0.1) is 13.8 Å². The minimum atomic E-state index is -0.735. The zero-order chi connectivity index (χ0) is 15.5. The minimum absolute atomic E-state index is 0.731. The van der Waals surface area contributed by atoms with Crippen LogP contribution in [0.3, 0.4) is 0 Å². The van der Waals surface area contributed by atoms with E-state index in [0.29, 0.717) is 0 Å². The van der Waals surface area contributed by atoms with E-state index in [-0.39, 0.29) is 0 Å². The molecule has 0 unspecified atom stereocenters. The maximum atomic E-state index is 6.44. The third-order valence-corrected chi connectivity index (χ3v) is 6.38. The Kier molecular flexibility index (Phi) is 4.57. The van der Waals surface area contributed by atoms with E-state index in [0.717, 1.165) is 10.5 Å². The molecule has 110 valence electrons. The normalized spacial score (nSPS) is 10.9. The van der Waals surface area contributed by atoms with Gasteiger partial charge in [0.25, 0.3) is 0 Å². The van der Waals surface area contributed by atoms with E-state index < -0.39 is 7.92 Å². The van der Waals surface area contributed by atoms with Gasteiger partial charge in [-0.25, -0.2) is 0 Å². The highest BCUT2D eigenvalue weighted by Gasteiger charge is 2.20. The Morgan fingerprint density at radius 2 is 1.27 bits per heavy atom. The first-order valence-electron chi connectivity index (χ1n) is 7.19. The summed E-state index contributed by atoms with van der Waals surface area (Å²) < 4.78 is 0. The molecular formula is C19H17ClNP. The second-order valence-electron chi connectivity index (χ2n) is 5.32. The van der Waals surface area contributed by atoms with Crippen LogP contribution in [-0.2, 0) is 0 Å². The molecule has 0 bridgehead atoms. The summed E-state index contributed by atoms with van der Waals surface area (Å²) in [5.74, 6) is 0. The maximum absolute atomic E-state index is 6.44. The van der Waals surface area contributed by atoms with Crippen LogP contribution in [0.15, 0.2) is 66.9 Å². The number of pyridine rings is 1. The zero-order valence-electron chi connectivity index (χ0n) is 12.6. The smallest absolute Gasteiger partial charge is 0.0905 e. The SMILES string of the molecule is Cc1ccc(P(c2ccc(C)cc2)c2ncccc2Cl)cc1. The molecule has 1 heterocycles. The average Bonchev–Trinajstić information content (AvgIpc) is 2.53. The highest BCUT2D eigenvalue weighted by Crippen LogP contribution is 2.34. The summed E-state index contributed by atoms with van der Waals surface area (Å²) in [7, 11) is -0.735. The van der Waals surface area contributed by atoms with Gasteiger partial charge in [0, 0.05) is 14.1 Å². The van der Waals surface area contributed by atoms with E-state index in [1.807, 2.05) is 18.3 Å². The number of benzene rings is 2. The van der Waals surface area contributed by atoms with Crippen LogP contribution >= 0.6 is 19.5 Å². The van der Waals surface area contributed by atoms with Crippen molar-refractivity contribution in [2.45, 2.75) is 13.8 Å². The molecule has 0 saturated carbocycles. The maximum Gasteiger partial charge on any atom is 0.0905 e. The molecule has 0 aliphatic heterocycles. The minimum Gasteiger partial charge on any atom is -0.254 e. The topological polar surface area (TPSA) is 12.9 Å². The highest BCUT2D eigenvalue weighted by atomic mass is 35.5. The first kappa shape index (κ1) is 15.2. The second kappa shape index (κ2) is 6.60. The Morgan fingerprint density at radius 1 is 0.773 bits per heavy atom. The van der Waals surface area contributed by atoms with E-state index in [9.17, 15) is 0 Å². The van der Waals surface area contributed by atoms with Crippen LogP contribution in [0.25, 0.3) is 0 Å². The van der Waals surface area contributed by atoms with Gasteiger partial charge >= 0.3 is 0 Å². The Labute approximate surface area is 137 Å². The number of aromatic nitrogens is 1. The van der Waals surface area contributed by atoms with Gasteiger partial charge in [0.15, 0.2) is 0 Å². The fraction of sp³-hybridized carbons (Fsp3) is 0.105. The lowest BCUT2D eigenvalue weighted by molar-refractivity contribution is 1.39. The molecule has 0 N–H and O–H groups in total. The van der Waals surface area contributed by atoms with E-state index in [1.165, 1.54) is 21.7 Å². The molecule has 0 radical (unpaired) electrons. The van der Waals surface area contributed by atoms with Crippen LogP contribution in [0.1, 0.15) is 11.1 Å². The molecule has 3 heteroatoms. The van der Waals surface area contributed by atoms with Gasteiger partial charge in [-0.1, -0.05) is 71.3 Å². The Balaban J connectivity index is 2.16. The first-order chi connectivity index (χ1) is 10.6. The Morgan fingerprint density at radius 3 is 1.73 bits per heavy atom. The lowest BCUT2D eigenvalue weighted by Crippen LogP contribution is -2.23. The van der Waals surface area contributed by atoms with E-state index in [1.54, 1.807) is 0 Å². The predicted molar refractivity (Wildman–Crippen MR) is 97.4 cm³/mol. The molecule has 1 aromatic heterocycles. The lowest BCUT2D eigenvalue weighted by Gasteiger charge is -2.19. The van der Waals surface area contributed by atoms with Gasteiger partial charge in [0.2, 0.25) is 0 Å². The molecule has 0 saturated heterocycles. The summed E-state index contributed by atoms with van der Waals surface area (Å²) in [5.41, 5.74) is 3.48.